The number of carboxylic acids is 1. The molecule has 1 rings (SSSR count). The van der Waals surface area contributed by atoms with Crippen LogP contribution in [0.4, 0.5) is 4.79 Å². The summed E-state index contributed by atoms with van der Waals surface area (Å²) in [5.74, 6) is -0.258. The molecule has 92 valence electrons. The molecule has 0 radical (unpaired) electrons. The molecule has 2 N–H and O–H groups in total. The zero-order valence-electron chi connectivity index (χ0n) is 9.90. The predicted octanol–water partition coefficient (Wildman–Crippen LogP) is 1.29. The second-order valence-electron chi connectivity index (χ2n) is 4.18. The Hall–Kier alpha value is -1.26. The molecule has 5 heteroatoms. The quantitative estimate of drug-likeness (QED) is 0.719. The van der Waals surface area contributed by atoms with Crippen molar-refractivity contribution in [3.63, 3.8) is 0 Å². The van der Waals surface area contributed by atoms with Crippen LogP contribution in [0, 0.1) is 5.92 Å². The molecule has 2 unspecified atom stereocenters. The lowest BCUT2D eigenvalue weighted by molar-refractivity contribution is -0.137. The van der Waals surface area contributed by atoms with Gasteiger partial charge in [0.25, 0.3) is 0 Å². The normalized spacial score (nSPS) is 22.6. The van der Waals surface area contributed by atoms with E-state index in [-0.39, 0.29) is 19.0 Å². The van der Waals surface area contributed by atoms with Gasteiger partial charge < -0.3 is 15.3 Å². The molecular weight excluding hydrogens is 208 g/mol. The van der Waals surface area contributed by atoms with Crippen LogP contribution in [0.5, 0.6) is 0 Å². The molecule has 1 saturated carbocycles. The third-order valence-electron chi connectivity index (χ3n) is 3.02. The van der Waals surface area contributed by atoms with Gasteiger partial charge in [0.1, 0.15) is 0 Å². The van der Waals surface area contributed by atoms with Crippen molar-refractivity contribution in [1.29, 1.82) is 0 Å². The maximum absolute atomic E-state index is 11.7. The fraction of sp³-hybridized carbons (Fsp3) is 0.818. The first-order chi connectivity index (χ1) is 7.58. The van der Waals surface area contributed by atoms with Crippen LogP contribution in [0.1, 0.15) is 33.1 Å². The van der Waals surface area contributed by atoms with Crippen molar-refractivity contribution in [3.8, 4) is 0 Å². The van der Waals surface area contributed by atoms with E-state index in [1.165, 1.54) is 0 Å². The van der Waals surface area contributed by atoms with E-state index >= 15 is 0 Å². The van der Waals surface area contributed by atoms with Crippen molar-refractivity contribution >= 4 is 12.0 Å². The summed E-state index contributed by atoms with van der Waals surface area (Å²) in [4.78, 5) is 23.7. The Bertz CT molecular complexity index is 268. The molecule has 1 fully saturated rings. The number of carbonyl (C=O) groups excluding carboxylic acids is 1. The van der Waals surface area contributed by atoms with Crippen molar-refractivity contribution in [2.24, 2.45) is 5.92 Å². The first kappa shape index (κ1) is 12.8. The van der Waals surface area contributed by atoms with Gasteiger partial charge >= 0.3 is 12.0 Å². The summed E-state index contributed by atoms with van der Waals surface area (Å²) < 4.78 is 0. The van der Waals surface area contributed by atoms with Gasteiger partial charge in [0.2, 0.25) is 0 Å². The molecule has 0 heterocycles. The molecular formula is C11H20N2O3. The van der Waals surface area contributed by atoms with E-state index in [1.807, 2.05) is 6.92 Å². The minimum Gasteiger partial charge on any atom is -0.481 e. The van der Waals surface area contributed by atoms with Crippen LogP contribution in [-0.2, 0) is 4.79 Å². The minimum absolute atomic E-state index is 0.00311. The molecule has 0 aromatic heterocycles. The first-order valence-electron chi connectivity index (χ1n) is 5.85. The topological polar surface area (TPSA) is 69.6 Å². The van der Waals surface area contributed by atoms with Gasteiger partial charge in [0.15, 0.2) is 0 Å². The van der Waals surface area contributed by atoms with Crippen LogP contribution in [0.25, 0.3) is 0 Å². The van der Waals surface area contributed by atoms with E-state index in [1.54, 1.807) is 4.90 Å². The number of nitrogens with one attached hydrogen (secondary N) is 1. The summed E-state index contributed by atoms with van der Waals surface area (Å²) in [7, 11) is 0. The van der Waals surface area contributed by atoms with Crippen LogP contribution in [0.3, 0.4) is 0 Å². The van der Waals surface area contributed by atoms with E-state index in [0.29, 0.717) is 18.5 Å². The maximum atomic E-state index is 11.7. The lowest BCUT2D eigenvalue weighted by atomic mass is 10.3. The fourth-order valence-corrected chi connectivity index (χ4v) is 1.76. The predicted molar refractivity (Wildman–Crippen MR) is 60.2 cm³/mol. The third kappa shape index (κ3) is 3.72. The van der Waals surface area contributed by atoms with Gasteiger partial charge in [-0.25, -0.2) is 4.79 Å². The van der Waals surface area contributed by atoms with Crippen LogP contribution in [0.2, 0.25) is 0 Å². The molecule has 0 aliphatic heterocycles. The Morgan fingerprint density at radius 3 is 2.56 bits per heavy atom. The first-order valence-corrected chi connectivity index (χ1v) is 5.85. The standard InChI is InChI=1S/C11H20N2O3/c1-3-8-7-9(8)12-11(16)13(4-2)6-5-10(14)15/h8-9H,3-7H2,1-2H3,(H,12,16)(H,14,15). The number of aliphatic carboxylic acids is 1. The Morgan fingerprint density at radius 1 is 1.44 bits per heavy atom. The van der Waals surface area contributed by atoms with Crippen molar-refractivity contribution in [3.05, 3.63) is 0 Å². The zero-order chi connectivity index (χ0) is 12.1. The van der Waals surface area contributed by atoms with E-state index in [0.717, 1.165) is 12.8 Å². The summed E-state index contributed by atoms with van der Waals surface area (Å²) in [6.45, 7) is 4.79. The van der Waals surface area contributed by atoms with Crippen LogP contribution in [0.15, 0.2) is 0 Å². The molecule has 5 nitrogen and oxygen atoms in total. The zero-order valence-corrected chi connectivity index (χ0v) is 9.90. The number of rotatable bonds is 6. The highest BCUT2D eigenvalue weighted by Crippen LogP contribution is 2.33. The van der Waals surface area contributed by atoms with E-state index < -0.39 is 5.97 Å². The lowest BCUT2D eigenvalue weighted by Crippen LogP contribution is -2.42. The summed E-state index contributed by atoms with van der Waals surface area (Å²) in [5, 5.41) is 11.5. The van der Waals surface area contributed by atoms with Crippen LogP contribution < -0.4 is 5.32 Å². The lowest BCUT2D eigenvalue weighted by Gasteiger charge is -2.20. The molecule has 1 aliphatic rings. The molecule has 0 aromatic rings. The van der Waals surface area contributed by atoms with Crippen molar-refractivity contribution < 1.29 is 14.7 Å². The number of carbonyl (C=O) groups is 2. The van der Waals surface area contributed by atoms with Crippen molar-refractivity contribution in [1.82, 2.24) is 10.2 Å². The summed E-state index contributed by atoms with van der Waals surface area (Å²) in [6.07, 6.45) is 2.15. The highest BCUT2D eigenvalue weighted by Gasteiger charge is 2.37. The molecule has 0 aromatic carbocycles. The van der Waals surface area contributed by atoms with Crippen LogP contribution in [-0.4, -0.2) is 41.1 Å². The molecule has 2 atom stereocenters. The fourth-order valence-electron chi connectivity index (χ4n) is 1.76. The van der Waals surface area contributed by atoms with E-state index in [2.05, 4.69) is 12.2 Å². The Labute approximate surface area is 95.8 Å². The minimum atomic E-state index is -0.871. The van der Waals surface area contributed by atoms with Gasteiger partial charge in [-0.05, 0) is 19.3 Å². The monoisotopic (exact) mass is 228 g/mol. The number of hydrogen-bond donors (Lipinski definition) is 2. The average molecular weight is 228 g/mol. The number of amides is 2. The van der Waals surface area contributed by atoms with Gasteiger partial charge in [0.05, 0.1) is 6.42 Å². The molecule has 1 aliphatic carbocycles. The van der Waals surface area contributed by atoms with E-state index in [4.69, 9.17) is 5.11 Å². The molecule has 0 spiro atoms. The van der Waals surface area contributed by atoms with Gasteiger partial charge in [-0.1, -0.05) is 13.3 Å². The number of urea groups is 1. The SMILES string of the molecule is CCC1CC1NC(=O)N(CC)CCC(=O)O. The average Bonchev–Trinajstić information content (AvgIpc) is 2.97. The van der Waals surface area contributed by atoms with E-state index in [9.17, 15) is 9.59 Å². The largest absolute Gasteiger partial charge is 0.481 e. The highest BCUT2D eigenvalue weighted by atomic mass is 16.4. The van der Waals surface area contributed by atoms with Gasteiger partial charge in [-0.15, -0.1) is 0 Å². The summed E-state index contributed by atoms with van der Waals surface area (Å²) in [6, 6.07) is 0.168. The summed E-state index contributed by atoms with van der Waals surface area (Å²) in [5.41, 5.74) is 0. The molecule has 0 bridgehead atoms. The van der Waals surface area contributed by atoms with Crippen molar-refractivity contribution in [2.75, 3.05) is 13.1 Å². The second-order valence-corrected chi connectivity index (χ2v) is 4.18. The Morgan fingerprint density at radius 2 is 2.12 bits per heavy atom. The van der Waals surface area contributed by atoms with Crippen LogP contribution >= 0.6 is 0 Å². The number of carboxylic acid groups (broad SMARTS) is 1. The van der Waals surface area contributed by atoms with Gasteiger partial charge in [0, 0.05) is 19.1 Å². The second kappa shape index (κ2) is 5.72. The Kier molecular flexibility index (Phi) is 4.58. The number of hydrogen-bond acceptors (Lipinski definition) is 2. The third-order valence-corrected chi connectivity index (χ3v) is 3.02. The molecule has 0 saturated heterocycles. The Balaban J connectivity index is 2.29. The number of nitrogens with zero attached hydrogens (tertiary/aromatic N) is 1. The highest BCUT2D eigenvalue weighted by molar-refractivity contribution is 5.76. The maximum Gasteiger partial charge on any atom is 0.317 e. The van der Waals surface area contributed by atoms with Gasteiger partial charge in [-0.3, -0.25) is 4.79 Å². The summed E-state index contributed by atoms with van der Waals surface area (Å²) >= 11 is 0. The molecule has 16 heavy (non-hydrogen) atoms. The smallest absolute Gasteiger partial charge is 0.317 e. The molecule has 2 amide bonds. The van der Waals surface area contributed by atoms with Crippen molar-refractivity contribution in [2.45, 2.75) is 39.2 Å². The van der Waals surface area contributed by atoms with Gasteiger partial charge in [-0.2, -0.15) is 0 Å².